The topological polar surface area (TPSA) is 69.7 Å². The van der Waals surface area contributed by atoms with E-state index >= 15 is 0 Å². The predicted octanol–water partition coefficient (Wildman–Crippen LogP) is 2.34. The van der Waals surface area contributed by atoms with E-state index < -0.39 is 28.7 Å². The van der Waals surface area contributed by atoms with Gasteiger partial charge in [0.2, 0.25) is 0 Å². The summed E-state index contributed by atoms with van der Waals surface area (Å²) in [6, 6.07) is 0. The zero-order valence-corrected chi connectivity index (χ0v) is 13.4. The minimum Gasteiger partial charge on any atom is -0.469 e. The van der Waals surface area contributed by atoms with Gasteiger partial charge < -0.3 is 9.47 Å². The Balaban J connectivity index is 5.27. The van der Waals surface area contributed by atoms with Crippen LogP contribution in [0, 0.1) is 5.92 Å². The summed E-state index contributed by atoms with van der Waals surface area (Å²) >= 11 is 0.778. The molecule has 0 saturated heterocycles. The Morgan fingerprint density at radius 2 is 1.80 bits per heavy atom. The van der Waals surface area contributed by atoms with Crippen molar-refractivity contribution in [3.8, 4) is 0 Å². The summed E-state index contributed by atoms with van der Waals surface area (Å²) in [5.41, 5.74) is -0.693. The van der Waals surface area contributed by atoms with Crippen molar-refractivity contribution in [1.82, 2.24) is 0 Å². The highest BCUT2D eigenvalue weighted by Gasteiger charge is 2.38. The van der Waals surface area contributed by atoms with E-state index in [9.17, 15) is 14.4 Å². The molecule has 0 heterocycles. The number of hydrogen-bond acceptors (Lipinski definition) is 6. The maximum atomic E-state index is 12.2. The standard InChI is InChI=1S/C14H22O5S/c1-7-8-10(12(16)18-6)11(20-9(2)15)13(17)19-14(3,4)5/h7,10-11H,1,8H2,2-6H3/t10-,11+/m0/s1. The number of esters is 2. The van der Waals surface area contributed by atoms with E-state index in [4.69, 9.17) is 4.74 Å². The van der Waals surface area contributed by atoms with Gasteiger partial charge in [-0.1, -0.05) is 17.8 Å². The fourth-order valence-corrected chi connectivity index (χ4v) is 2.40. The van der Waals surface area contributed by atoms with Crippen molar-refractivity contribution in [2.75, 3.05) is 7.11 Å². The first-order valence-corrected chi connectivity index (χ1v) is 7.09. The molecule has 0 aromatic rings. The Bertz CT molecular complexity index is 384. The first-order chi connectivity index (χ1) is 9.12. The Kier molecular flexibility index (Phi) is 7.57. The molecule has 6 heteroatoms. The average Bonchev–Trinajstić information content (AvgIpc) is 2.30. The summed E-state index contributed by atoms with van der Waals surface area (Å²) in [7, 11) is 1.24. The number of thioether (sulfide) groups is 1. The molecule has 0 aliphatic rings. The van der Waals surface area contributed by atoms with E-state index in [0.717, 1.165) is 11.8 Å². The largest absolute Gasteiger partial charge is 0.469 e. The number of rotatable bonds is 6. The van der Waals surface area contributed by atoms with Gasteiger partial charge in [0.05, 0.1) is 13.0 Å². The normalized spacial score (nSPS) is 14.1. The molecular weight excluding hydrogens is 280 g/mol. The molecule has 0 aliphatic carbocycles. The van der Waals surface area contributed by atoms with Gasteiger partial charge in [0.15, 0.2) is 5.12 Å². The number of allylic oxidation sites excluding steroid dienone is 1. The third kappa shape index (κ3) is 6.75. The van der Waals surface area contributed by atoms with Crippen LogP contribution >= 0.6 is 11.8 Å². The third-order valence-corrected chi connectivity index (χ3v) is 3.33. The van der Waals surface area contributed by atoms with Crippen LogP contribution < -0.4 is 0 Å². The van der Waals surface area contributed by atoms with Crippen molar-refractivity contribution in [2.24, 2.45) is 5.92 Å². The minimum absolute atomic E-state index is 0.233. The van der Waals surface area contributed by atoms with Gasteiger partial charge in [0.1, 0.15) is 10.9 Å². The van der Waals surface area contributed by atoms with E-state index in [1.165, 1.54) is 20.1 Å². The van der Waals surface area contributed by atoms with Gasteiger partial charge in [-0.3, -0.25) is 14.4 Å². The van der Waals surface area contributed by atoms with Crippen LogP contribution in [0.3, 0.4) is 0 Å². The lowest BCUT2D eigenvalue weighted by molar-refractivity contribution is -0.159. The summed E-state index contributed by atoms with van der Waals surface area (Å²) in [6.07, 6.45) is 1.75. The monoisotopic (exact) mass is 302 g/mol. The van der Waals surface area contributed by atoms with Gasteiger partial charge in [-0.15, -0.1) is 6.58 Å². The molecule has 0 amide bonds. The summed E-state index contributed by atoms with van der Waals surface area (Å²) in [5.74, 6) is -1.95. The number of ether oxygens (including phenoxy) is 2. The smallest absolute Gasteiger partial charge is 0.320 e. The number of hydrogen-bond donors (Lipinski definition) is 0. The number of carbonyl (C=O) groups is 3. The van der Waals surface area contributed by atoms with Crippen LogP contribution in [0.2, 0.25) is 0 Å². The molecule has 0 saturated carbocycles. The summed E-state index contributed by atoms with van der Waals surface area (Å²) in [4.78, 5) is 35.3. The van der Waals surface area contributed by atoms with Crippen molar-refractivity contribution < 1.29 is 23.9 Å². The van der Waals surface area contributed by atoms with Crippen LogP contribution in [-0.2, 0) is 23.9 Å². The zero-order chi connectivity index (χ0) is 15.9. The SMILES string of the molecule is C=CC[C@H](C(=O)OC)[C@@H](SC(C)=O)C(=O)OC(C)(C)C. The van der Waals surface area contributed by atoms with Gasteiger partial charge >= 0.3 is 11.9 Å². The lowest BCUT2D eigenvalue weighted by atomic mass is 10.0. The quantitative estimate of drug-likeness (QED) is 0.554. The molecule has 20 heavy (non-hydrogen) atoms. The highest BCUT2D eigenvalue weighted by molar-refractivity contribution is 8.14. The second-order valence-electron chi connectivity index (χ2n) is 5.22. The van der Waals surface area contributed by atoms with E-state index in [1.54, 1.807) is 20.8 Å². The van der Waals surface area contributed by atoms with Crippen molar-refractivity contribution in [1.29, 1.82) is 0 Å². The Morgan fingerprint density at radius 1 is 1.25 bits per heavy atom. The lowest BCUT2D eigenvalue weighted by Crippen LogP contribution is -2.38. The molecule has 114 valence electrons. The highest BCUT2D eigenvalue weighted by atomic mass is 32.2. The number of methoxy groups -OCH3 is 1. The van der Waals surface area contributed by atoms with Crippen molar-refractivity contribution in [3.63, 3.8) is 0 Å². The maximum absolute atomic E-state index is 12.2. The molecule has 0 N–H and O–H groups in total. The second-order valence-corrected chi connectivity index (χ2v) is 6.54. The van der Waals surface area contributed by atoms with Crippen LogP contribution in [0.4, 0.5) is 0 Å². The molecule has 2 atom stereocenters. The minimum atomic E-state index is -0.933. The van der Waals surface area contributed by atoms with Crippen LogP contribution in [0.25, 0.3) is 0 Å². The zero-order valence-electron chi connectivity index (χ0n) is 12.6. The van der Waals surface area contributed by atoms with Crippen LogP contribution in [-0.4, -0.2) is 35.0 Å². The van der Waals surface area contributed by atoms with E-state index in [1.807, 2.05) is 0 Å². The van der Waals surface area contributed by atoms with Crippen molar-refractivity contribution in [3.05, 3.63) is 12.7 Å². The molecule has 0 fully saturated rings. The van der Waals surface area contributed by atoms with E-state index in [2.05, 4.69) is 11.3 Å². The average molecular weight is 302 g/mol. The maximum Gasteiger partial charge on any atom is 0.320 e. The molecule has 0 unspecified atom stereocenters. The van der Waals surface area contributed by atoms with E-state index in [-0.39, 0.29) is 11.5 Å². The van der Waals surface area contributed by atoms with Crippen LogP contribution in [0.15, 0.2) is 12.7 Å². The molecule has 5 nitrogen and oxygen atoms in total. The van der Waals surface area contributed by atoms with Crippen LogP contribution in [0.1, 0.15) is 34.1 Å². The molecule has 0 rings (SSSR count). The first-order valence-electron chi connectivity index (χ1n) is 6.21. The molecule has 0 spiro atoms. The summed E-state index contributed by atoms with van der Waals surface area (Å²) in [6.45, 7) is 10.1. The second kappa shape index (κ2) is 8.09. The Labute approximate surface area is 124 Å². The molecule has 0 bridgehead atoms. The van der Waals surface area contributed by atoms with Gasteiger partial charge in [-0.25, -0.2) is 0 Å². The lowest BCUT2D eigenvalue weighted by Gasteiger charge is -2.26. The first kappa shape index (κ1) is 18.7. The Hall–Kier alpha value is -1.30. The molecule has 0 aliphatic heterocycles. The van der Waals surface area contributed by atoms with Gasteiger partial charge in [-0.2, -0.15) is 0 Å². The summed E-state index contributed by atoms with van der Waals surface area (Å²) < 4.78 is 9.96. The molecule has 0 radical (unpaired) electrons. The van der Waals surface area contributed by atoms with Crippen LogP contribution in [0.5, 0.6) is 0 Å². The molecule has 0 aromatic heterocycles. The molecule has 0 aromatic carbocycles. The fraction of sp³-hybridized carbons (Fsp3) is 0.643. The molecular formula is C14H22O5S. The van der Waals surface area contributed by atoms with Gasteiger partial charge in [0, 0.05) is 6.92 Å². The Morgan fingerprint density at radius 3 is 2.15 bits per heavy atom. The van der Waals surface area contributed by atoms with Gasteiger partial charge in [-0.05, 0) is 27.2 Å². The van der Waals surface area contributed by atoms with Crippen molar-refractivity contribution >= 4 is 28.8 Å². The highest BCUT2D eigenvalue weighted by Crippen LogP contribution is 2.27. The summed E-state index contributed by atoms with van der Waals surface area (Å²) in [5, 5.41) is -1.20. The van der Waals surface area contributed by atoms with Crippen molar-refractivity contribution in [2.45, 2.75) is 45.0 Å². The van der Waals surface area contributed by atoms with Gasteiger partial charge in [0.25, 0.3) is 0 Å². The predicted molar refractivity (Wildman–Crippen MR) is 78.2 cm³/mol. The number of carbonyl (C=O) groups excluding carboxylic acids is 3. The fourth-order valence-electron chi connectivity index (χ4n) is 1.51. The third-order valence-electron chi connectivity index (χ3n) is 2.22. The van der Waals surface area contributed by atoms with E-state index in [0.29, 0.717) is 0 Å².